The molecule has 6 nitrogen and oxygen atoms in total. The van der Waals surface area contributed by atoms with Crippen LogP contribution in [0.25, 0.3) is 0 Å². The highest BCUT2D eigenvalue weighted by Gasteiger charge is 2.59. The molecule has 0 radical (unpaired) electrons. The van der Waals surface area contributed by atoms with Gasteiger partial charge in [0.2, 0.25) is 5.91 Å². The van der Waals surface area contributed by atoms with Crippen molar-refractivity contribution in [2.45, 2.75) is 37.0 Å². The number of aliphatic hydroxyl groups is 1. The molecule has 150 valence electrons. The number of esters is 1. The summed E-state index contributed by atoms with van der Waals surface area (Å²) in [7, 11) is 0. The molecule has 0 aromatic heterocycles. The SMILES string of the molecule is CC(O)[C@H]1C(=O)N2C(C(=O)OCc3ccccc3)=C([S+]([O-])c3ccccc3)C[C@@H]12. The van der Waals surface area contributed by atoms with Crippen LogP contribution in [0.3, 0.4) is 0 Å². The van der Waals surface area contributed by atoms with Crippen molar-refractivity contribution < 1.29 is 24.0 Å². The number of ether oxygens (including phenoxy) is 1. The summed E-state index contributed by atoms with van der Waals surface area (Å²) >= 11 is -1.60. The van der Waals surface area contributed by atoms with Crippen molar-refractivity contribution in [2.24, 2.45) is 5.92 Å². The first-order chi connectivity index (χ1) is 14.0. The molecule has 2 unspecified atom stereocenters. The minimum Gasteiger partial charge on any atom is -0.607 e. The number of benzene rings is 2. The van der Waals surface area contributed by atoms with Gasteiger partial charge in [0, 0.05) is 17.6 Å². The summed E-state index contributed by atoms with van der Waals surface area (Å²) in [6.45, 7) is 1.61. The summed E-state index contributed by atoms with van der Waals surface area (Å²) in [5.41, 5.74) is 0.869. The second kappa shape index (κ2) is 8.02. The van der Waals surface area contributed by atoms with Gasteiger partial charge in [0.25, 0.3) is 0 Å². The highest BCUT2D eigenvalue weighted by atomic mass is 32.2. The molecular formula is C22H21NO5S. The molecule has 1 saturated heterocycles. The Morgan fingerprint density at radius 2 is 1.83 bits per heavy atom. The van der Waals surface area contributed by atoms with Crippen molar-refractivity contribution in [1.82, 2.24) is 4.90 Å². The van der Waals surface area contributed by atoms with Gasteiger partial charge in [0.1, 0.15) is 6.61 Å². The molecule has 7 heteroatoms. The minimum absolute atomic E-state index is 0.0509. The van der Waals surface area contributed by atoms with E-state index in [0.29, 0.717) is 9.80 Å². The van der Waals surface area contributed by atoms with E-state index < -0.39 is 29.2 Å². The van der Waals surface area contributed by atoms with Gasteiger partial charge in [-0.05, 0) is 24.6 Å². The van der Waals surface area contributed by atoms with Gasteiger partial charge in [-0.1, -0.05) is 48.5 Å². The standard InChI is InChI=1S/C22H21NO5S/c1-14(24)19-17-12-18(29(27)16-10-6-3-7-11-16)20(23(17)21(19)25)22(26)28-13-15-8-4-2-5-9-15/h2-11,14,17,19,24H,12-13H2,1H3/t14?,17-,19+,29?/m0/s1. The topological polar surface area (TPSA) is 89.9 Å². The molecule has 0 bridgehead atoms. The van der Waals surface area contributed by atoms with Crippen LogP contribution >= 0.6 is 0 Å². The van der Waals surface area contributed by atoms with Gasteiger partial charge in [-0.2, -0.15) is 0 Å². The maximum absolute atomic E-state index is 13.2. The molecule has 2 aliphatic rings. The summed E-state index contributed by atoms with van der Waals surface area (Å²) < 4.78 is 18.6. The fraction of sp³-hybridized carbons (Fsp3) is 0.273. The number of amides is 1. The van der Waals surface area contributed by atoms with Crippen molar-refractivity contribution in [3.63, 3.8) is 0 Å². The predicted octanol–water partition coefficient (Wildman–Crippen LogP) is 2.36. The van der Waals surface area contributed by atoms with Gasteiger partial charge >= 0.3 is 5.97 Å². The monoisotopic (exact) mass is 411 g/mol. The van der Waals surface area contributed by atoms with Crippen LogP contribution in [-0.2, 0) is 32.1 Å². The first kappa shape index (κ1) is 19.7. The molecule has 1 N–H and O–H groups in total. The number of β-lactam (4-membered cyclic amide) rings is 1. The molecule has 2 aromatic carbocycles. The molecule has 1 fully saturated rings. The van der Waals surface area contributed by atoms with E-state index >= 15 is 0 Å². The average Bonchev–Trinajstić information content (AvgIpc) is 3.07. The molecule has 0 saturated carbocycles. The number of hydrogen-bond donors (Lipinski definition) is 1. The third-order valence-corrected chi connectivity index (χ3v) is 6.78. The lowest BCUT2D eigenvalue weighted by molar-refractivity contribution is -0.162. The zero-order valence-electron chi connectivity index (χ0n) is 15.9. The first-order valence-corrected chi connectivity index (χ1v) is 10.6. The summed E-state index contributed by atoms with van der Waals surface area (Å²) in [5.74, 6) is -1.61. The van der Waals surface area contributed by atoms with Crippen molar-refractivity contribution in [2.75, 3.05) is 0 Å². The van der Waals surface area contributed by atoms with Crippen molar-refractivity contribution >= 4 is 23.1 Å². The van der Waals surface area contributed by atoms with E-state index in [2.05, 4.69) is 0 Å². The zero-order chi connectivity index (χ0) is 20.5. The molecule has 0 spiro atoms. The highest BCUT2D eigenvalue weighted by Crippen LogP contribution is 2.46. The van der Waals surface area contributed by atoms with Gasteiger partial charge in [0.15, 0.2) is 15.5 Å². The maximum Gasteiger partial charge on any atom is 0.360 e. The minimum atomic E-state index is -1.60. The Kier molecular flexibility index (Phi) is 5.45. The molecule has 4 rings (SSSR count). The second-order valence-corrected chi connectivity index (χ2v) is 8.66. The number of fused-ring (bicyclic) bond motifs is 1. The van der Waals surface area contributed by atoms with Crippen molar-refractivity contribution in [1.29, 1.82) is 0 Å². The molecule has 0 aliphatic carbocycles. The van der Waals surface area contributed by atoms with Crippen LogP contribution in [0, 0.1) is 5.92 Å². The smallest absolute Gasteiger partial charge is 0.360 e. The summed E-state index contributed by atoms with van der Waals surface area (Å²) in [4.78, 5) is 27.8. The van der Waals surface area contributed by atoms with Crippen LogP contribution in [0.4, 0.5) is 0 Å². The molecule has 29 heavy (non-hydrogen) atoms. The van der Waals surface area contributed by atoms with E-state index in [1.54, 1.807) is 31.2 Å². The molecule has 1 amide bonds. The van der Waals surface area contributed by atoms with Crippen LogP contribution in [0.5, 0.6) is 0 Å². The van der Waals surface area contributed by atoms with E-state index in [9.17, 15) is 19.2 Å². The Bertz CT molecular complexity index is 944. The molecular weight excluding hydrogens is 390 g/mol. The van der Waals surface area contributed by atoms with E-state index in [1.165, 1.54) is 4.90 Å². The first-order valence-electron chi connectivity index (χ1n) is 9.41. The van der Waals surface area contributed by atoms with E-state index in [4.69, 9.17) is 4.74 Å². The molecule has 2 aromatic rings. The summed E-state index contributed by atoms with van der Waals surface area (Å²) in [5, 5.41) is 9.95. The van der Waals surface area contributed by atoms with E-state index in [0.717, 1.165) is 5.56 Å². The third-order valence-electron chi connectivity index (χ3n) is 5.28. The van der Waals surface area contributed by atoms with Crippen LogP contribution in [0.1, 0.15) is 18.9 Å². The van der Waals surface area contributed by atoms with E-state index in [-0.39, 0.29) is 30.7 Å². The Morgan fingerprint density at radius 1 is 1.21 bits per heavy atom. The average molecular weight is 411 g/mol. The van der Waals surface area contributed by atoms with Gasteiger partial charge in [-0.25, -0.2) is 4.79 Å². The number of nitrogens with zero attached hydrogens (tertiary/aromatic N) is 1. The summed E-state index contributed by atoms with van der Waals surface area (Å²) in [6.07, 6.45) is -0.562. The number of carbonyl (C=O) groups is 2. The Labute approximate surface area is 172 Å². The van der Waals surface area contributed by atoms with Crippen LogP contribution in [0.15, 0.2) is 76.2 Å². The normalized spacial score (nSPS) is 22.7. The van der Waals surface area contributed by atoms with Crippen molar-refractivity contribution in [3.8, 4) is 0 Å². The van der Waals surface area contributed by atoms with Gasteiger partial charge in [-0.3, -0.25) is 9.69 Å². The number of rotatable bonds is 6. The number of hydrogen-bond acceptors (Lipinski definition) is 5. The Hall–Kier alpha value is -2.61. The zero-order valence-corrected chi connectivity index (χ0v) is 16.7. The Morgan fingerprint density at radius 3 is 2.45 bits per heavy atom. The fourth-order valence-electron chi connectivity index (χ4n) is 3.86. The largest absolute Gasteiger partial charge is 0.607 e. The Balaban J connectivity index is 1.63. The lowest BCUT2D eigenvalue weighted by atomic mass is 9.83. The van der Waals surface area contributed by atoms with Gasteiger partial charge < -0.3 is 14.4 Å². The number of carbonyl (C=O) groups excluding carboxylic acids is 2. The fourth-order valence-corrected chi connectivity index (χ4v) is 5.23. The summed E-state index contributed by atoms with van der Waals surface area (Å²) in [6, 6.07) is 17.7. The van der Waals surface area contributed by atoms with Crippen molar-refractivity contribution in [3.05, 3.63) is 76.8 Å². The predicted molar refractivity (Wildman–Crippen MR) is 107 cm³/mol. The van der Waals surface area contributed by atoms with Crippen LogP contribution < -0.4 is 0 Å². The third kappa shape index (κ3) is 3.57. The molecule has 4 atom stereocenters. The maximum atomic E-state index is 13.2. The molecule has 2 heterocycles. The second-order valence-electron chi connectivity index (χ2n) is 7.16. The molecule has 2 aliphatic heterocycles. The van der Waals surface area contributed by atoms with Gasteiger partial charge in [-0.15, -0.1) is 0 Å². The van der Waals surface area contributed by atoms with Crippen LogP contribution in [-0.4, -0.2) is 38.6 Å². The van der Waals surface area contributed by atoms with Crippen LogP contribution in [0.2, 0.25) is 0 Å². The number of aliphatic hydroxyl groups excluding tert-OH is 1. The lowest BCUT2D eigenvalue weighted by Crippen LogP contribution is -2.61. The highest BCUT2D eigenvalue weighted by molar-refractivity contribution is 7.95. The quantitative estimate of drug-likeness (QED) is 0.448. The lowest BCUT2D eigenvalue weighted by Gasteiger charge is -2.44. The van der Waals surface area contributed by atoms with E-state index in [1.807, 2.05) is 36.4 Å². The van der Waals surface area contributed by atoms with Gasteiger partial charge in [0.05, 0.1) is 18.1 Å².